The summed E-state index contributed by atoms with van der Waals surface area (Å²) in [6, 6.07) is 11.3. The summed E-state index contributed by atoms with van der Waals surface area (Å²) in [5.74, 6) is 0.816. The number of anilines is 1. The van der Waals surface area contributed by atoms with Crippen molar-refractivity contribution in [1.82, 2.24) is 14.7 Å². The first kappa shape index (κ1) is 14.7. The predicted octanol–water partition coefficient (Wildman–Crippen LogP) is 1.75. The molecule has 7 nitrogen and oxygen atoms in total. The second-order valence-corrected chi connectivity index (χ2v) is 5.18. The number of imidazole rings is 1. The summed E-state index contributed by atoms with van der Waals surface area (Å²) in [4.78, 5) is 15.3. The van der Waals surface area contributed by atoms with Crippen LogP contribution in [0.1, 0.15) is 11.1 Å². The van der Waals surface area contributed by atoms with Crippen LogP contribution in [0, 0.1) is 18.3 Å². The summed E-state index contributed by atoms with van der Waals surface area (Å²) >= 11 is 0. The summed E-state index contributed by atoms with van der Waals surface area (Å²) in [7, 11) is 0. The summed E-state index contributed by atoms with van der Waals surface area (Å²) in [5.41, 5.74) is 8.83. The van der Waals surface area contributed by atoms with Gasteiger partial charge in [-0.15, -0.1) is 0 Å². The molecule has 0 radical (unpaired) electrons. The van der Waals surface area contributed by atoms with Gasteiger partial charge >= 0.3 is 6.03 Å². The van der Waals surface area contributed by atoms with Crippen LogP contribution in [0.2, 0.25) is 0 Å². The lowest BCUT2D eigenvalue weighted by Crippen LogP contribution is -2.33. The van der Waals surface area contributed by atoms with E-state index in [0.717, 1.165) is 22.4 Å². The molecule has 2 amide bonds. The van der Waals surface area contributed by atoms with Gasteiger partial charge in [-0.3, -0.25) is 4.40 Å². The Morgan fingerprint density at radius 3 is 2.91 bits per heavy atom. The van der Waals surface area contributed by atoms with Crippen molar-refractivity contribution in [2.45, 2.75) is 6.92 Å². The normalized spacial score (nSPS) is 10.6. The van der Waals surface area contributed by atoms with Crippen LogP contribution in [0.25, 0.3) is 16.7 Å². The molecule has 0 fully saturated rings. The third-order valence-electron chi connectivity index (χ3n) is 3.62. The van der Waals surface area contributed by atoms with E-state index in [1.54, 1.807) is 0 Å². The average Bonchev–Trinajstić information content (AvgIpc) is 2.90. The van der Waals surface area contributed by atoms with Crippen molar-refractivity contribution in [3.8, 4) is 6.07 Å². The number of aromatic nitrogens is 2. The predicted molar refractivity (Wildman–Crippen MR) is 88.2 cm³/mol. The Morgan fingerprint density at radius 1 is 1.39 bits per heavy atom. The van der Waals surface area contributed by atoms with E-state index in [1.165, 1.54) is 0 Å². The fourth-order valence-electron chi connectivity index (χ4n) is 2.60. The molecular weight excluding hydrogens is 292 g/mol. The minimum atomic E-state index is -0.555. The highest BCUT2D eigenvalue weighted by molar-refractivity contribution is 5.85. The number of hydrogen-bond donors (Lipinski definition) is 3. The van der Waals surface area contributed by atoms with Crippen molar-refractivity contribution in [3.63, 3.8) is 0 Å². The number of pyridine rings is 1. The Balaban J connectivity index is 2.10. The van der Waals surface area contributed by atoms with E-state index >= 15 is 0 Å². The topological polar surface area (TPSA) is 108 Å². The lowest BCUT2D eigenvalue weighted by molar-refractivity contribution is 0.249. The molecule has 0 saturated carbocycles. The van der Waals surface area contributed by atoms with Gasteiger partial charge in [0.2, 0.25) is 0 Å². The molecule has 2 aromatic heterocycles. The number of amides is 2. The van der Waals surface area contributed by atoms with E-state index in [1.807, 2.05) is 41.7 Å². The highest BCUT2D eigenvalue weighted by Gasteiger charge is 2.14. The maximum Gasteiger partial charge on any atom is 0.312 e. The Morgan fingerprint density at radius 2 is 2.17 bits per heavy atom. The Bertz CT molecular complexity index is 937. The average molecular weight is 308 g/mol. The van der Waals surface area contributed by atoms with Crippen LogP contribution in [0.5, 0.6) is 0 Å². The molecule has 0 aliphatic carbocycles. The number of fused-ring (bicyclic) bond motifs is 3. The number of rotatable bonds is 4. The van der Waals surface area contributed by atoms with E-state index < -0.39 is 6.03 Å². The van der Waals surface area contributed by atoms with Crippen molar-refractivity contribution >= 4 is 28.5 Å². The molecule has 0 aliphatic heterocycles. The number of para-hydroxylation sites is 2. The first-order valence-corrected chi connectivity index (χ1v) is 7.20. The molecule has 116 valence electrons. The number of hydrogen-bond acceptors (Lipinski definition) is 4. The smallest absolute Gasteiger partial charge is 0.312 e. The molecule has 4 N–H and O–H groups in total. The van der Waals surface area contributed by atoms with Gasteiger partial charge in [0.1, 0.15) is 11.9 Å². The monoisotopic (exact) mass is 308 g/mol. The van der Waals surface area contributed by atoms with Crippen molar-refractivity contribution < 1.29 is 4.79 Å². The third-order valence-corrected chi connectivity index (χ3v) is 3.62. The van der Waals surface area contributed by atoms with Crippen LogP contribution in [-0.2, 0) is 0 Å². The van der Waals surface area contributed by atoms with E-state index in [9.17, 15) is 10.1 Å². The molecule has 7 heteroatoms. The van der Waals surface area contributed by atoms with Crippen molar-refractivity contribution in [2.24, 2.45) is 5.73 Å². The molecule has 1 aromatic carbocycles. The maximum absolute atomic E-state index is 10.7. The highest BCUT2D eigenvalue weighted by Crippen LogP contribution is 2.26. The van der Waals surface area contributed by atoms with E-state index in [2.05, 4.69) is 21.7 Å². The van der Waals surface area contributed by atoms with Gasteiger partial charge in [0.15, 0.2) is 5.65 Å². The largest absolute Gasteiger partial charge is 0.369 e. The zero-order chi connectivity index (χ0) is 16.4. The minimum absolute atomic E-state index is 0.405. The molecule has 0 saturated heterocycles. The quantitative estimate of drug-likeness (QED) is 0.638. The standard InChI is InChI=1S/C16H16N6O/c1-10-8-14(19-6-7-20-16(18)23)22-13-5-3-2-4-12(13)21-15(22)11(10)9-17/h2-5,8,19H,6-7H2,1H3,(H3,18,20,23). The highest BCUT2D eigenvalue weighted by atomic mass is 16.2. The molecule has 2 heterocycles. The van der Waals surface area contributed by atoms with Gasteiger partial charge in [-0.25, -0.2) is 9.78 Å². The van der Waals surface area contributed by atoms with Gasteiger partial charge in [-0.1, -0.05) is 12.1 Å². The number of nitriles is 1. The lowest BCUT2D eigenvalue weighted by Gasteiger charge is -2.12. The molecule has 0 unspecified atom stereocenters. The van der Waals surface area contributed by atoms with Crippen molar-refractivity contribution in [1.29, 1.82) is 5.26 Å². The van der Waals surface area contributed by atoms with Crippen LogP contribution in [0.4, 0.5) is 10.6 Å². The van der Waals surface area contributed by atoms with Gasteiger partial charge in [-0.05, 0) is 30.7 Å². The van der Waals surface area contributed by atoms with Crippen LogP contribution in [0.3, 0.4) is 0 Å². The van der Waals surface area contributed by atoms with Gasteiger partial charge in [0.25, 0.3) is 0 Å². The lowest BCUT2D eigenvalue weighted by atomic mass is 10.1. The van der Waals surface area contributed by atoms with Crippen molar-refractivity contribution in [3.05, 3.63) is 41.5 Å². The van der Waals surface area contributed by atoms with Crippen LogP contribution in [-0.4, -0.2) is 28.5 Å². The van der Waals surface area contributed by atoms with E-state index in [-0.39, 0.29) is 0 Å². The number of carbonyl (C=O) groups is 1. The summed E-state index contributed by atoms with van der Waals surface area (Å²) in [5, 5.41) is 15.2. The molecule has 3 aromatic rings. The van der Waals surface area contributed by atoms with Gasteiger partial charge in [0, 0.05) is 13.1 Å². The second kappa shape index (κ2) is 5.85. The zero-order valence-corrected chi connectivity index (χ0v) is 12.6. The Hall–Kier alpha value is -3.27. The zero-order valence-electron chi connectivity index (χ0n) is 12.6. The molecule has 3 rings (SSSR count). The number of nitrogens with zero attached hydrogens (tertiary/aromatic N) is 3. The van der Waals surface area contributed by atoms with E-state index in [4.69, 9.17) is 5.73 Å². The fraction of sp³-hybridized carbons (Fsp3) is 0.188. The van der Waals surface area contributed by atoms with Gasteiger partial charge < -0.3 is 16.4 Å². The number of aryl methyl sites for hydroxylation is 1. The van der Waals surface area contributed by atoms with Gasteiger partial charge in [0.05, 0.1) is 16.6 Å². The Labute approximate surface area is 132 Å². The second-order valence-electron chi connectivity index (χ2n) is 5.18. The van der Waals surface area contributed by atoms with Crippen molar-refractivity contribution in [2.75, 3.05) is 18.4 Å². The summed E-state index contributed by atoms with van der Waals surface area (Å²) in [6.45, 7) is 2.79. The number of primary amides is 1. The fourth-order valence-corrected chi connectivity index (χ4v) is 2.60. The first-order chi connectivity index (χ1) is 11.1. The van der Waals surface area contributed by atoms with Crippen LogP contribution < -0.4 is 16.4 Å². The number of urea groups is 1. The maximum atomic E-state index is 10.7. The third kappa shape index (κ3) is 2.62. The molecule has 0 atom stereocenters. The molecule has 23 heavy (non-hydrogen) atoms. The van der Waals surface area contributed by atoms with Crippen LogP contribution >= 0.6 is 0 Å². The van der Waals surface area contributed by atoms with Crippen LogP contribution in [0.15, 0.2) is 30.3 Å². The van der Waals surface area contributed by atoms with Gasteiger partial charge in [-0.2, -0.15) is 5.26 Å². The SMILES string of the molecule is Cc1cc(NCCNC(N)=O)n2c(nc3ccccc32)c1C#N. The summed E-state index contributed by atoms with van der Waals surface area (Å²) < 4.78 is 1.92. The Kier molecular flexibility index (Phi) is 3.73. The molecule has 0 spiro atoms. The minimum Gasteiger partial charge on any atom is -0.369 e. The number of benzene rings is 1. The number of nitrogens with two attached hydrogens (primary N) is 1. The number of nitrogens with one attached hydrogen (secondary N) is 2. The molecule has 0 aliphatic rings. The summed E-state index contributed by atoms with van der Waals surface area (Å²) in [6.07, 6.45) is 0. The van der Waals surface area contributed by atoms with E-state index in [0.29, 0.717) is 24.3 Å². The molecule has 0 bridgehead atoms. The number of carbonyl (C=O) groups excluding carboxylic acids is 1. The molecular formula is C16H16N6O. The first-order valence-electron chi connectivity index (χ1n) is 7.20.